The Kier molecular flexibility index (Phi) is 7.71. The van der Waals surface area contributed by atoms with Gasteiger partial charge in [0.05, 0.1) is 13.7 Å². The Morgan fingerprint density at radius 1 is 1.26 bits per heavy atom. The minimum atomic E-state index is -4.21. The van der Waals surface area contributed by atoms with Gasteiger partial charge in [-0.2, -0.15) is 0 Å². The maximum absolute atomic E-state index is 12.9. The zero-order chi connectivity index (χ0) is 26.6. The number of fused-ring (bicyclic) bond motifs is 2. The molecule has 0 amide bonds. The number of nitrogens with one attached hydrogen (secondary N) is 1. The molecule has 2 aliphatic heterocycles. The van der Waals surface area contributed by atoms with Gasteiger partial charge < -0.3 is 47.8 Å². The summed E-state index contributed by atoms with van der Waals surface area (Å²) in [6.07, 6.45) is 2.86. The normalized spacial score (nSPS) is 23.9. The molecule has 2 aliphatic rings. The number of aromatic nitrogens is 6. The standard InChI is InChI=1S/C22H25BN7O7P.HI/c1-27(2)22-25-19-16(20(31)26-22)28(3)13-30(19)21-18-17(36-23(37-18)14-7-5-4-6-8-14)15(35-21)11-34-38(32,33)29-10-9-24-12-29;/h4-10,12-13,15,17-18,21H,11H2,1-3H3,(H-,25,26,31,32,33);1H/t15-,17-,18-,21-;/m1./s1. The van der Waals surface area contributed by atoms with Gasteiger partial charge in [-0.15, -0.1) is 0 Å². The lowest BCUT2D eigenvalue weighted by atomic mass is 9.79. The number of benzene rings is 1. The van der Waals surface area contributed by atoms with E-state index in [0.29, 0.717) is 17.1 Å². The van der Waals surface area contributed by atoms with E-state index in [2.05, 4.69) is 15.0 Å². The third-order valence-corrected chi connectivity index (χ3v) is 7.87. The van der Waals surface area contributed by atoms with Gasteiger partial charge in [0.15, 0.2) is 6.33 Å². The van der Waals surface area contributed by atoms with Gasteiger partial charge in [0.1, 0.15) is 24.6 Å². The molecular formula is C22H26BIN7O7P. The van der Waals surface area contributed by atoms with Gasteiger partial charge in [-0.3, -0.25) is 18.9 Å². The van der Waals surface area contributed by atoms with Crippen LogP contribution in [0.4, 0.5) is 5.95 Å². The van der Waals surface area contributed by atoms with Crippen molar-refractivity contribution in [2.45, 2.75) is 24.5 Å². The van der Waals surface area contributed by atoms with Crippen molar-refractivity contribution in [3.63, 3.8) is 0 Å². The summed E-state index contributed by atoms with van der Waals surface area (Å²) in [7, 11) is 0.405. The Hall–Kier alpha value is -2.60. The Bertz CT molecular complexity index is 1570. The minimum Gasteiger partial charge on any atom is -1.00 e. The van der Waals surface area contributed by atoms with E-state index >= 15 is 0 Å². The lowest BCUT2D eigenvalue weighted by Crippen LogP contribution is -3.00. The molecule has 6 rings (SSSR count). The molecule has 206 valence electrons. The first kappa shape index (κ1) is 28.0. The highest BCUT2D eigenvalue weighted by molar-refractivity contribution is 7.51. The van der Waals surface area contributed by atoms with E-state index in [-0.39, 0.29) is 36.1 Å². The van der Waals surface area contributed by atoms with Crippen LogP contribution in [0, 0.1) is 0 Å². The maximum atomic E-state index is 12.9. The molecule has 14 nitrogen and oxygen atoms in total. The van der Waals surface area contributed by atoms with Gasteiger partial charge >= 0.3 is 20.5 Å². The van der Waals surface area contributed by atoms with Crippen molar-refractivity contribution in [3.05, 3.63) is 65.7 Å². The van der Waals surface area contributed by atoms with E-state index in [1.54, 1.807) is 41.5 Å². The van der Waals surface area contributed by atoms with Crippen molar-refractivity contribution in [2.75, 3.05) is 25.6 Å². The highest BCUT2D eigenvalue weighted by atomic mass is 127. The summed E-state index contributed by atoms with van der Waals surface area (Å²) in [6, 6.07) is 9.45. The summed E-state index contributed by atoms with van der Waals surface area (Å²) in [6.45, 7) is -0.253. The van der Waals surface area contributed by atoms with Crippen molar-refractivity contribution < 1.29 is 56.6 Å². The van der Waals surface area contributed by atoms with Crippen LogP contribution in [0.3, 0.4) is 0 Å². The number of aromatic amines is 1. The molecule has 2 fully saturated rings. The second-order valence-corrected chi connectivity index (χ2v) is 11.0. The minimum absolute atomic E-state index is 0. The molecule has 4 aromatic rings. The van der Waals surface area contributed by atoms with Gasteiger partial charge in [-0.25, -0.2) is 18.5 Å². The van der Waals surface area contributed by atoms with Crippen LogP contribution >= 0.6 is 7.75 Å². The predicted molar refractivity (Wildman–Crippen MR) is 135 cm³/mol. The van der Waals surface area contributed by atoms with Crippen LogP contribution in [0.2, 0.25) is 0 Å². The number of hydrogen-bond acceptors (Lipinski definition) is 9. The van der Waals surface area contributed by atoms with Crippen molar-refractivity contribution in [1.29, 1.82) is 0 Å². The van der Waals surface area contributed by atoms with Crippen molar-refractivity contribution >= 4 is 37.4 Å². The van der Waals surface area contributed by atoms with Gasteiger partial charge in [-0.05, 0) is 5.46 Å². The summed E-state index contributed by atoms with van der Waals surface area (Å²) in [5, 5.41) is 0. The molecule has 0 saturated carbocycles. The summed E-state index contributed by atoms with van der Waals surface area (Å²) in [5.41, 5.74) is 1.26. The molecule has 2 saturated heterocycles. The zero-order valence-corrected chi connectivity index (χ0v) is 24.2. The van der Waals surface area contributed by atoms with E-state index in [4.69, 9.17) is 18.6 Å². The van der Waals surface area contributed by atoms with Crippen LogP contribution in [0.25, 0.3) is 11.2 Å². The fraction of sp³-hybridized carbons (Fsp3) is 0.364. The molecule has 17 heteroatoms. The fourth-order valence-corrected chi connectivity index (χ4v) is 5.63. The molecule has 5 atom stereocenters. The van der Waals surface area contributed by atoms with Gasteiger partial charge in [0.25, 0.3) is 11.5 Å². The number of hydrogen-bond donors (Lipinski definition) is 2. The van der Waals surface area contributed by atoms with E-state index in [9.17, 15) is 14.3 Å². The van der Waals surface area contributed by atoms with Crippen molar-refractivity contribution in [1.82, 2.24) is 23.9 Å². The zero-order valence-electron chi connectivity index (χ0n) is 21.2. The molecule has 0 radical (unpaired) electrons. The molecule has 1 unspecified atom stereocenters. The van der Waals surface area contributed by atoms with Gasteiger partial charge in [0, 0.05) is 26.5 Å². The Morgan fingerprint density at radius 2 is 2.00 bits per heavy atom. The Morgan fingerprint density at radius 3 is 2.69 bits per heavy atom. The molecule has 5 heterocycles. The monoisotopic (exact) mass is 669 g/mol. The molecular weight excluding hydrogens is 643 g/mol. The smallest absolute Gasteiger partial charge is 0.494 e. The predicted octanol–water partition coefficient (Wildman–Crippen LogP) is -3.44. The van der Waals surface area contributed by atoms with E-state index in [0.717, 1.165) is 9.80 Å². The number of H-pyrrole nitrogens is 1. The van der Waals surface area contributed by atoms with Gasteiger partial charge in [-0.1, -0.05) is 35.3 Å². The number of imidazole rings is 2. The van der Waals surface area contributed by atoms with E-state index in [1.165, 1.54) is 18.7 Å². The number of aryl methyl sites for hydroxylation is 1. The number of halogens is 1. The highest BCUT2D eigenvalue weighted by Crippen LogP contribution is 2.45. The van der Waals surface area contributed by atoms with Crippen LogP contribution in [-0.4, -0.2) is 74.9 Å². The van der Waals surface area contributed by atoms with E-state index in [1.807, 2.05) is 30.3 Å². The molecule has 1 aromatic carbocycles. The second kappa shape index (κ2) is 10.8. The number of ether oxygens (including phenoxy) is 1. The van der Waals surface area contributed by atoms with E-state index < -0.39 is 39.4 Å². The summed E-state index contributed by atoms with van der Waals surface area (Å²) < 4.78 is 41.5. The first-order chi connectivity index (χ1) is 18.2. The molecule has 39 heavy (non-hydrogen) atoms. The maximum Gasteiger partial charge on any atom is 0.494 e. The van der Waals surface area contributed by atoms with Gasteiger partial charge in [0.2, 0.25) is 11.7 Å². The Labute approximate surface area is 240 Å². The molecule has 0 bridgehead atoms. The fourth-order valence-electron chi connectivity index (χ4n) is 4.74. The van der Waals surface area contributed by atoms with Crippen LogP contribution in [0.15, 0.2) is 60.2 Å². The topological polar surface area (TPSA) is 150 Å². The highest BCUT2D eigenvalue weighted by Gasteiger charge is 2.57. The number of anilines is 1. The summed E-state index contributed by atoms with van der Waals surface area (Å²) >= 11 is 0. The van der Waals surface area contributed by atoms with Crippen LogP contribution in [-0.2, 0) is 30.2 Å². The average molecular weight is 669 g/mol. The molecule has 0 spiro atoms. The lowest BCUT2D eigenvalue weighted by Gasteiger charge is -2.20. The largest absolute Gasteiger partial charge is 1.00 e. The number of rotatable bonds is 7. The van der Waals surface area contributed by atoms with Crippen molar-refractivity contribution in [2.24, 2.45) is 7.05 Å². The molecule has 0 aliphatic carbocycles. The summed E-state index contributed by atoms with van der Waals surface area (Å²) in [4.78, 5) is 36.2. The lowest BCUT2D eigenvalue weighted by molar-refractivity contribution is -0.744. The second-order valence-electron chi connectivity index (χ2n) is 9.33. The third-order valence-electron chi connectivity index (χ3n) is 6.56. The first-order valence-electron chi connectivity index (χ1n) is 11.9. The SMILES string of the molecule is CN(C)c1nc2c(c(=O)[nH]1)n(C)c[n+]2[C@@H]1O[C@H](COP(=O)(O)n2ccnc2)[C@H]2OB(c3ccccc3)O[C@H]21.[I-]. The third kappa shape index (κ3) is 5.06. The first-order valence-corrected chi connectivity index (χ1v) is 13.4. The molecule has 2 N–H and O–H groups in total. The Balaban J connectivity index is 0.00000308. The molecule has 3 aromatic heterocycles. The number of nitrogens with zero attached hydrogens (tertiary/aromatic N) is 6. The quantitative estimate of drug-likeness (QED) is 0.0882. The summed E-state index contributed by atoms with van der Waals surface area (Å²) in [5.74, 6) is 0.379. The van der Waals surface area contributed by atoms with Crippen molar-refractivity contribution in [3.8, 4) is 0 Å². The van der Waals surface area contributed by atoms with Crippen LogP contribution < -0.4 is 44.5 Å². The van der Waals surface area contributed by atoms with Crippen LogP contribution in [0.1, 0.15) is 6.23 Å². The average Bonchev–Trinajstić information content (AvgIpc) is 3.68. The van der Waals surface area contributed by atoms with Crippen LogP contribution in [0.5, 0.6) is 0 Å².